The molecule has 0 atom stereocenters. The van der Waals surface area contributed by atoms with Gasteiger partial charge in [0.2, 0.25) is 0 Å². The molecule has 0 amide bonds. The maximum absolute atomic E-state index is 14.0. The van der Waals surface area contributed by atoms with Crippen LogP contribution in [0.4, 0.5) is 22.0 Å². The van der Waals surface area contributed by atoms with E-state index < -0.39 is 24.4 Å². The van der Waals surface area contributed by atoms with Crippen molar-refractivity contribution in [2.24, 2.45) is 0 Å². The summed E-state index contributed by atoms with van der Waals surface area (Å²) in [7, 11) is 1.43. The van der Waals surface area contributed by atoms with E-state index >= 15 is 0 Å². The number of rotatable bonds is 8. The van der Waals surface area contributed by atoms with Gasteiger partial charge in [-0.05, 0) is 52.5 Å². The van der Waals surface area contributed by atoms with E-state index in [-0.39, 0.29) is 5.69 Å². The van der Waals surface area contributed by atoms with E-state index in [9.17, 15) is 22.0 Å². The highest BCUT2D eigenvalue weighted by molar-refractivity contribution is 5.38. The van der Waals surface area contributed by atoms with Crippen molar-refractivity contribution in [2.75, 3.05) is 26.7 Å². The molecule has 0 aliphatic carbocycles. The molecule has 4 nitrogen and oxygen atoms in total. The van der Waals surface area contributed by atoms with Gasteiger partial charge in [0.1, 0.15) is 11.5 Å². The third kappa shape index (κ3) is 6.00. The number of hydrogen-bond donors (Lipinski definition) is 1. The van der Waals surface area contributed by atoms with Crippen LogP contribution in [0, 0.1) is 25.5 Å². The van der Waals surface area contributed by atoms with Crippen LogP contribution in [0.25, 0.3) is 5.69 Å². The van der Waals surface area contributed by atoms with E-state index in [0.717, 1.165) is 17.3 Å². The minimum atomic E-state index is -4.19. The van der Waals surface area contributed by atoms with Gasteiger partial charge in [0.15, 0.2) is 5.82 Å². The minimum Gasteiger partial charge on any atom is -0.312 e. The molecule has 2 aromatic rings. The summed E-state index contributed by atoms with van der Waals surface area (Å²) < 4.78 is 65.3. The first-order valence-electron chi connectivity index (χ1n) is 8.55. The number of benzene rings is 1. The molecule has 0 aliphatic heterocycles. The third-order valence-electron chi connectivity index (χ3n) is 4.22. The summed E-state index contributed by atoms with van der Waals surface area (Å²) >= 11 is 0. The summed E-state index contributed by atoms with van der Waals surface area (Å²) in [6.07, 6.45) is -3.63. The molecule has 2 rings (SSSR count). The van der Waals surface area contributed by atoms with E-state index in [4.69, 9.17) is 0 Å². The zero-order chi connectivity index (χ0) is 20.2. The Labute approximate surface area is 155 Å². The van der Waals surface area contributed by atoms with Crippen molar-refractivity contribution in [1.29, 1.82) is 0 Å². The lowest BCUT2D eigenvalue weighted by atomic mass is 10.2. The molecule has 1 aromatic heterocycles. The zero-order valence-electron chi connectivity index (χ0n) is 15.5. The minimum absolute atomic E-state index is 0.164. The zero-order valence-corrected chi connectivity index (χ0v) is 15.5. The van der Waals surface area contributed by atoms with Crippen molar-refractivity contribution < 1.29 is 22.0 Å². The Morgan fingerprint density at radius 3 is 2.52 bits per heavy atom. The summed E-state index contributed by atoms with van der Waals surface area (Å²) in [6, 6.07) is 3.31. The molecule has 150 valence electrons. The molecular weight excluding hydrogens is 367 g/mol. The second-order valence-corrected chi connectivity index (χ2v) is 6.54. The third-order valence-corrected chi connectivity index (χ3v) is 4.22. The molecule has 9 heteroatoms. The lowest BCUT2D eigenvalue weighted by Crippen LogP contribution is -2.33. The predicted molar refractivity (Wildman–Crippen MR) is 92.8 cm³/mol. The lowest BCUT2D eigenvalue weighted by molar-refractivity contribution is -0.143. The maximum Gasteiger partial charge on any atom is 0.401 e. The van der Waals surface area contributed by atoms with Gasteiger partial charge in [-0.25, -0.2) is 13.5 Å². The van der Waals surface area contributed by atoms with Gasteiger partial charge >= 0.3 is 6.18 Å². The Balaban J connectivity index is 1.92. The summed E-state index contributed by atoms with van der Waals surface area (Å²) in [5.74, 6) is -1.36. The molecule has 0 spiro atoms. The molecule has 0 fully saturated rings. The number of aryl methyl sites for hydroxylation is 1. The number of hydrogen-bond acceptors (Lipinski definition) is 3. The number of halogens is 5. The van der Waals surface area contributed by atoms with Gasteiger partial charge in [0.05, 0.1) is 12.2 Å². The first-order chi connectivity index (χ1) is 12.6. The van der Waals surface area contributed by atoms with Crippen LogP contribution in [0.1, 0.15) is 23.4 Å². The second-order valence-electron chi connectivity index (χ2n) is 6.54. The molecule has 1 heterocycles. The van der Waals surface area contributed by atoms with Gasteiger partial charge in [-0.3, -0.25) is 4.90 Å². The second kappa shape index (κ2) is 8.79. The fourth-order valence-corrected chi connectivity index (χ4v) is 2.89. The van der Waals surface area contributed by atoms with Gasteiger partial charge in [-0.15, -0.1) is 0 Å². The van der Waals surface area contributed by atoms with Gasteiger partial charge in [0, 0.05) is 23.9 Å². The lowest BCUT2D eigenvalue weighted by Gasteiger charge is -2.18. The molecule has 0 saturated heterocycles. The molecule has 1 N–H and O–H groups in total. The maximum atomic E-state index is 14.0. The van der Waals surface area contributed by atoms with Crippen LogP contribution >= 0.6 is 0 Å². The topological polar surface area (TPSA) is 33.1 Å². The molecule has 0 bridgehead atoms. The van der Waals surface area contributed by atoms with Crippen molar-refractivity contribution in [3.8, 4) is 5.69 Å². The number of alkyl halides is 3. The van der Waals surface area contributed by atoms with Crippen molar-refractivity contribution in [2.45, 2.75) is 33.0 Å². The summed E-state index contributed by atoms with van der Waals surface area (Å²) in [4.78, 5) is 1.23. The smallest absolute Gasteiger partial charge is 0.312 e. The molecule has 0 saturated carbocycles. The molecule has 27 heavy (non-hydrogen) atoms. The van der Waals surface area contributed by atoms with Gasteiger partial charge in [-0.2, -0.15) is 18.3 Å². The number of nitrogens with one attached hydrogen (secondary N) is 1. The van der Waals surface area contributed by atoms with Crippen LogP contribution in [0.3, 0.4) is 0 Å². The summed E-state index contributed by atoms with van der Waals surface area (Å²) in [5, 5.41) is 7.49. The highest BCUT2D eigenvalue weighted by atomic mass is 19.4. The van der Waals surface area contributed by atoms with Crippen LogP contribution in [0.15, 0.2) is 18.2 Å². The van der Waals surface area contributed by atoms with Crippen molar-refractivity contribution in [3.05, 3.63) is 46.8 Å². The quantitative estimate of drug-likeness (QED) is 0.551. The fourth-order valence-electron chi connectivity index (χ4n) is 2.89. The van der Waals surface area contributed by atoms with Crippen molar-refractivity contribution >= 4 is 0 Å². The monoisotopic (exact) mass is 390 g/mol. The van der Waals surface area contributed by atoms with Crippen LogP contribution < -0.4 is 5.32 Å². The normalized spacial score (nSPS) is 12.2. The Hall–Kier alpha value is -2.00. The summed E-state index contributed by atoms with van der Waals surface area (Å²) in [5.41, 5.74) is 2.47. The van der Waals surface area contributed by atoms with Gasteiger partial charge < -0.3 is 5.32 Å². The Kier molecular flexibility index (Phi) is 6.94. The van der Waals surface area contributed by atoms with E-state index in [1.165, 1.54) is 28.8 Å². The molecule has 1 aromatic carbocycles. The Bertz CT molecular complexity index is 770. The van der Waals surface area contributed by atoms with Crippen LogP contribution in [-0.4, -0.2) is 47.5 Å². The van der Waals surface area contributed by atoms with Crippen molar-refractivity contribution in [1.82, 2.24) is 20.0 Å². The first-order valence-corrected chi connectivity index (χ1v) is 8.55. The van der Waals surface area contributed by atoms with Crippen LogP contribution in [0.5, 0.6) is 0 Å². The van der Waals surface area contributed by atoms with E-state index in [1.54, 1.807) is 13.8 Å². The average Bonchev–Trinajstić information content (AvgIpc) is 2.80. The number of aromatic nitrogens is 2. The van der Waals surface area contributed by atoms with Crippen LogP contribution in [-0.2, 0) is 6.54 Å². The highest BCUT2D eigenvalue weighted by Gasteiger charge is 2.28. The van der Waals surface area contributed by atoms with Crippen LogP contribution in [0.2, 0.25) is 0 Å². The highest BCUT2D eigenvalue weighted by Crippen LogP contribution is 2.21. The molecular formula is C18H23F5N4. The standard InChI is InChI=1S/C18H23F5N4/c1-12-15(10-24-7-4-8-26(3)11-18(21,22)23)13(2)27(25-12)17-6-5-14(19)9-16(17)20/h5-6,9,24H,4,7-8,10-11H2,1-3H3. The van der Waals surface area contributed by atoms with Gasteiger partial charge in [-0.1, -0.05) is 0 Å². The Morgan fingerprint density at radius 2 is 1.89 bits per heavy atom. The molecule has 0 aliphatic rings. The van der Waals surface area contributed by atoms with E-state index in [0.29, 0.717) is 31.7 Å². The molecule has 0 radical (unpaired) electrons. The van der Waals surface area contributed by atoms with Gasteiger partial charge in [0.25, 0.3) is 0 Å². The fraction of sp³-hybridized carbons (Fsp3) is 0.500. The first kappa shape index (κ1) is 21.3. The Morgan fingerprint density at radius 1 is 1.19 bits per heavy atom. The van der Waals surface area contributed by atoms with E-state index in [1.807, 2.05) is 0 Å². The largest absolute Gasteiger partial charge is 0.401 e. The number of nitrogens with zero attached hydrogens (tertiary/aromatic N) is 3. The SMILES string of the molecule is Cc1nn(-c2ccc(F)cc2F)c(C)c1CNCCCN(C)CC(F)(F)F. The average molecular weight is 390 g/mol. The molecule has 0 unspecified atom stereocenters. The summed E-state index contributed by atoms with van der Waals surface area (Å²) in [6.45, 7) is 3.97. The predicted octanol–water partition coefficient (Wildman–Crippen LogP) is 3.74. The van der Waals surface area contributed by atoms with E-state index in [2.05, 4.69) is 10.4 Å². The van der Waals surface area contributed by atoms with Crippen molar-refractivity contribution in [3.63, 3.8) is 0 Å².